The van der Waals surface area contributed by atoms with Crippen molar-refractivity contribution in [2.75, 3.05) is 20.1 Å². The van der Waals surface area contributed by atoms with Crippen molar-refractivity contribution in [1.29, 1.82) is 0 Å². The number of hydrogen-bond donors (Lipinski definition) is 0. The fraction of sp³-hybridized carbons (Fsp3) is 0.429. The molecule has 0 N–H and O–H groups in total. The van der Waals surface area contributed by atoms with E-state index < -0.39 is 17.9 Å². The van der Waals surface area contributed by atoms with Crippen molar-refractivity contribution in [2.45, 2.75) is 54.1 Å². The van der Waals surface area contributed by atoms with Crippen LogP contribution in [0.5, 0.6) is 0 Å². The van der Waals surface area contributed by atoms with E-state index in [1.165, 1.54) is 21.6 Å². The van der Waals surface area contributed by atoms with E-state index in [-0.39, 0.29) is 12.8 Å². The Morgan fingerprint density at radius 3 is 2.11 bits per heavy atom. The molecular formula is C28H37ClF4N2O. The lowest BCUT2D eigenvalue weighted by molar-refractivity contribution is -0.133. The summed E-state index contributed by atoms with van der Waals surface area (Å²) in [6.07, 6.45) is 0.652. The normalized spacial score (nSPS) is 13.9. The summed E-state index contributed by atoms with van der Waals surface area (Å²) in [5, 5.41) is 0.856. The number of carbonyl (C=O) groups excluding carboxylic acids is 1. The molecule has 1 fully saturated rings. The monoisotopic (exact) mass is 528 g/mol. The summed E-state index contributed by atoms with van der Waals surface area (Å²) in [6, 6.07) is 6.05. The molecule has 1 aromatic rings. The largest absolute Gasteiger partial charge is 0.386 e. The third-order valence-electron chi connectivity index (χ3n) is 5.13. The van der Waals surface area contributed by atoms with E-state index in [9.17, 15) is 22.4 Å². The molecule has 3 nitrogen and oxygen atoms in total. The number of carbonyl (C=O) groups is 1. The van der Waals surface area contributed by atoms with Gasteiger partial charge in [-0.05, 0) is 62.5 Å². The topological polar surface area (TPSA) is 32.7 Å². The number of alkyl halides is 3. The van der Waals surface area contributed by atoms with Crippen molar-refractivity contribution in [2.24, 2.45) is 10.9 Å². The Hall–Kier alpha value is -2.67. The van der Waals surface area contributed by atoms with Crippen LogP contribution in [0.1, 0.15) is 45.2 Å². The lowest BCUT2D eigenvalue weighted by Crippen LogP contribution is -2.53. The summed E-state index contributed by atoms with van der Waals surface area (Å²) in [5.41, 5.74) is 6.81. The lowest BCUT2D eigenvalue weighted by Gasteiger charge is -2.40. The molecule has 0 saturated carbocycles. The molecule has 1 aliphatic heterocycles. The van der Waals surface area contributed by atoms with Gasteiger partial charge in [0.25, 0.3) is 5.91 Å². The molecule has 0 atom stereocenters. The van der Waals surface area contributed by atoms with Gasteiger partial charge in [0.2, 0.25) is 0 Å². The first-order valence-corrected chi connectivity index (χ1v) is 11.8. The van der Waals surface area contributed by atoms with Gasteiger partial charge in [-0.15, -0.1) is 0 Å². The Labute approximate surface area is 217 Å². The zero-order chi connectivity index (χ0) is 28.2. The second-order valence-electron chi connectivity index (χ2n) is 8.61. The van der Waals surface area contributed by atoms with Gasteiger partial charge >= 0.3 is 6.18 Å². The van der Waals surface area contributed by atoms with Crippen molar-refractivity contribution in [3.63, 3.8) is 0 Å². The maximum atomic E-state index is 12.9. The van der Waals surface area contributed by atoms with Gasteiger partial charge < -0.3 is 4.90 Å². The van der Waals surface area contributed by atoms with E-state index in [1.807, 2.05) is 32.1 Å². The van der Waals surface area contributed by atoms with Gasteiger partial charge in [0.05, 0.1) is 0 Å². The first-order valence-electron chi connectivity index (χ1n) is 11.5. The van der Waals surface area contributed by atoms with Crippen LogP contribution in [0.25, 0.3) is 0 Å². The fourth-order valence-corrected chi connectivity index (χ4v) is 3.68. The van der Waals surface area contributed by atoms with Crippen LogP contribution in [-0.4, -0.2) is 42.8 Å². The SMILES string of the molecule is C=C/C=C(/CC)C(C(=NC)C1CN(C(=O)C(=C)F)C1)=C(C)C.CC(F)(F)F.Cc1ccc(C)c(Cl)c1. The summed E-state index contributed by atoms with van der Waals surface area (Å²) in [6.45, 7) is 18.2. The highest BCUT2D eigenvalue weighted by atomic mass is 35.5. The van der Waals surface area contributed by atoms with Crippen LogP contribution in [0.15, 0.2) is 71.0 Å². The molecule has 1 amide bonds. The summed E-state index contributed by atoms with van der Waals surface area (Å²) in [4.78, 5) is 17.5. The van der Waals surface area contributed by atoms with Gasteiger partial charge in [0.1, 0.15) is 0 Å². The Kier molecular flexibility index (Phi) is 14.3. The van der Waals surface area contributed by atoms with Crippen LogP contribution in [-0.2, 0) is 4.79 Å². The van der Waals surface area contributed by atoms with Crippen molar-refractivity contribution in [3.8, 4) is 0 Å². The summed E-state index contributed by atoms with van der Waals surface area (Å²) < 4.78 is 44.0. The zero-order valence-corrected chi connectivity index (χ0v) is 22.9. The van der Waals surface area contributed by atoms with E-state index in [4.69, 9.17) is 11.6 Å². The Balaban J connectivity index is 0.000000712. The molecular weight excluding hydrogens is 492 g/mol. The molecule has 1 saturated heterocycles. The van der Waals surface area contributed by atoms with E-state index in [0.717, 1.165) is 28.3 Å². The smallest absolute Gasteiger partial charge is 0.335 e. The van der Waals surface area contributed by atoms with Gasteiger partial charge in [0, 0.05) is 43.7 Å². The minimum absolute atomic E-state index is 0.137. The summed E-state index contributed by atoms with van der Waals surface area (Å²) in [7, 11) is 1.76. The molecule has 0 bridgehead atoms. The van der Waals surface area contributed by atoms with Crippen molar-refractivity contribution in [1.82, 2.24) is 4.90 Å². The fourth-order valence-electron chi connectivity index (χ4n) is 3.45. The zero-order valence-electron chi connectivity index (χ0n) is 22.2. The van der Waals surface area contributed by atoms with Gasteiger partial charge in [-0.3, -0.25) is 9.79 Å². The number of amides is 1. The molecule has 200 valence electrons. The lowest BCUT2D eigenvalue weighted by atomic mass is 9.83. The summed E-state index contributed by atoms with van der Waals surface area (Å²) >= 11 is 5.81. The highest BCUT2D eigenvalue weighted by Crippen LogP contribution is 2.29. The number of benzene rings is 1. The molecule has 0 radical (unpaired) electrons. The Morgan fingerprint density at radius 2 is 1.78 bits per heavy atom. The number of allylic oxidation sites excluding steroid dienone is 5. The molecule has 0 aliphatic carbocycles. The van der Waals surface area contributed by atoms with Crippen molar-refractivity contribution < 1.29 is 22.4 Å². The first kappa shape index (κ1) is 33.3. The Bertz CT molecular complexity index is 1010. The minimum Gasteiger partial charge on any atom is -0.335 e. The third-order valence-corrected chi connectivity index (χ3v) is 5.54. The molecule has 1 heterocycles. The maximum Gasteiger partial charge on any atom is 0.386 e. The second kappa shape index (κ2) is 15.4. The predicted molar refractivity (Wildman–Crippen MR) is 143 cm³/mol. The van der Waals surface area contributed by atoms with E-state index >= 15 is 0 Å². The van der Waals surface area contributed by atoms with Crippen LogP contribution in [0.2, 0.25) is 5.02 Å². The second-order valence-corrected chi connectivity index (χ2v) is 9.02. The Morgan fingerprint density at radius 1 is 1.25 bits per heavy atom. The van der Waals surface area contributed by atoms with Crippen LogP contribution in [0.4, 0.5) is 17.6 Å². The van der Waals surface area contributed by atoms with Crippen LogP contribution in [0.3, 0.4) is 0 Å². The molecule has 0 spiro atoms. The number of aryl methyl sites for hydroxylation is 2. The first-order chi connectivity index (χ1) is 16.6. The van der Waals surface area contributed by atoms with E-state index in [1.54, 1.807) is 13.1 Å². The number of aliphatic imine (C=N–C) groups is 1. The highest BCUT2D eigenvalue weighted by molar-refractivity contribution is 6.31. The van der Waals surface area contributed by atoms with Crippen molar-refractivity contribution in [3.05, 3.63) is 82.2 Å². The number of rotatable bonds is 6. The van der Waals surface area contributed by atoms with E-state index in [2.05, 4.69) is 45.0 Å². The molecule has 0 unspecified atom stereocenters. The molecule has 8 heteroatoms. The number of hydrogen-bond acceptors (Lipinski definition) is 2. The highest BCUT2D eigenvalue weighted by Gasteiger charge is 2.36. The standard InChI is InChI=1S/C18H25FN2O.C8H9Cl.C2H3F3/c1-7-9-14(8-2)16(12(3)4)17(20-6)15-10-21(11-15)18(22)13(5)19;1-6-3-4-7(2)8(9)5-6;1-2(3,4)5/h7,9,15H,1,5,8,10-11H2,2-4,6H3;3-5H,1-2H3;1H3/b14-9-,20-17?;;. The number of nitrogens with zero attached hydrogens (tertiary/aromatic N) is 2. The quantitative estimate of drug-likeness (QED) is 0.158. The molecule has 2 rings (SSSR count). The predicted octanol–water partition coefficient (Wildman–Crippen LogP) is 8.38. The maximum absolute atomic E-state index is 12.9. The average Bonchev–Trinajstić information content (AvgIpc) is 2.72. The molecule has 0 aromatic heterocycles. The third kappa shape index (κ3) is 11.8. The van der Waals surface area contributed by atoms with Crippen LogP contribution >= 0.6 is 11.6 Å². The van der Waals surface area contributed by atoms with Gasteiger partial charge in [-0.2, -0.15) is 13.2 Å². The van der Waals surface area contributed by atoms with Crippen LogP contribution in [0, 0.1) is 19.8 Å². The van der Waals surface area contributed by atoms with Gasteiger partial charge in [-0.25, -0.2) is 4.39 Å². The summed E-state index contributed by atoms with van der Waals surface area (Å²) in [5.74, 6) is -1.39. The number of halogens is 5. The van der Waals surface area contributed by atoms with Crippen molar-refractivity contribution >= 4 is 23.2 Å². The number of likely N-dealkylation sites (tertiary alicyclic amines) is 1. The van der Waals surface area contributed by atoms with Gasteiger partial charge in [-0.1, -0.05) is 61.5 Å². The molecule has 1 aromatic carbocycles. The molecule has 36 heavy (non-hydrogen) atoms. The van der Waals surface area contributed by atoms with E-state index in [0.29, 0.717) is 13.1 Å². The molecule has 1 aliphatic rings. The minimum atomic E-state index is -4.00. The van der Waals surface area contributed by atoms with Crippen LogP contribution < -0.4 is 0 Å². The van der Waals surface area contributed by atoms with Gasteiger partial charge in [0.15, 0.2) is 5.83 Å². The average molecular weight is 529 g/mol.